The highest BCUT2D eigenvalue weighted by Gasteiger charge is 2.15. The van der Waals surface area contributed by atoms with Gasteiger partial charge < -0.3 is 9.47 Å². The summed E-state index contributed by atoms with van der Waals surface area (Å²) in [4.78, 5) is 2.32. The average Bonchev–Trinajstić information content (AvgIpc) is 3.41. The predicted molar refractivity (Wildman–Crippen MR) is 191 cm³/mol. The number of para-hydroxylation sites is 3. The Balaban J connectivity index is 1.13. The normalized spacial score (nSPS) is 11.2. The molecule has 1 heterocycles. The van der Waals surface area contributed by atoms with Crippen molar-refractivity contribution in [3.05, 3.63) is 176 Å². The van der Waals surface area contributed by atoms with Crippen LogP contribution >= 0.6 is 0 Å². The Morgan fingerprint density at radius 3 is 1.64 bits per heavy atom. The number of nitrogens with zero attached hydrogens (tertiary/aromatic N) is 2. The second kappa shape index (κ2) is 11.3. The molecule has 2 nitrogen and oxygen atoms in total. The van der Waals surface area contributed by atoms with Gasteiger partial charge in [-0.2, -0.15) is 0 Å². The molecule has 0 saturated carbocycles. The number of anilines is 3. The van der Waals surface area contributed by atoms with Crippen LogP contribution in [-0.2, 0) is 7.05 Å². The molecule has 0 fully saturated rings. The number of hydrogen-bond acceptors (Lipinski definition) is 1. The van der Waals surface area contributed by atoms with Crippen LogP contribution in [0, 0.1) is 0 Å². The van der Waals surface area contributed by atoms with E-state index in [-0.39, 0.29) is 0 Å². The maximum atomic E-state index is 2.32. The Labute approximate surface area is 264 Å². The molecule has 0 aliphatic rings. The number of hydrogen-bond donors (Lipinski definition) is 0. The van der Waals surface area contributed by atoms with Crippen LogP contribution in [0.1, 0.15) is 0 Å². The van der Waals surface area contributed by atoms with Crippen molar-refractivity contribution in [1.29, 1.82) is 0 Å². The van der Waals surface area contributed by atoms with Gasteiger partial charge in [0.15, 0.2) is 0 Å². The van der Waals surface area contributed by atoms with Gasteiger partial charge in [-0.15, -0.1) is 0 Å². The summed E-state index contributed by atoms with van der Waals surface area (Å²) in [5.41, 5.74) is 13.2. The first kappa shape index (κ1) is 26.7. The molecule has 0 unspecified atom stereocenters. The minimum Gasteiger partial charge on any atom is -0.343 e. The maximum absolute atomic E-state index is 2.32. The molecule has 45 heavy (non-hydrogen) atoms. The van der Waals surface area contributed by atoms with Crippen molar-refractivity contribution in [3.8, 4) is 33.4 Å². The lowest BCUT2D eigenvalue weighted by atomic mass is 9.98. The van der Waals surface area contributed by atoms with Gasteiger partial charge in [-0.3, -0.25) is 0 Å². The molecule has 214 valence electrons. The lowest BCUT2D eigenvalue weighted by Gasteiger charge is -2.26. The Morgan fingerprint density at radius 2 is 0.889 bits per heavy atom. The fraction of sp³-hybridized carbons (Fsp3) is 0.0233. The van der Waals surface area contributed by atoms with Gasteiger partial charge in [0.2, 0.25) is 0 Å². The largest absolute Gasteiger partial charge is 0.343 e. The van der Waals surface area contributed by atoms with Crippen LogP contribution in [0.4, 0.5) is 17.1 Å². The van der Waals surface area contributed by atoms with Crippen LogP contribution in [-0.4, -0.2) is 4.57 Å². The van der Waals surface area contributed by atoms with E-state index in [2.05, 4.69) is 192 Å². The van der Waals surface area contributed by atoms with Crippen molar-refractivity contribution in [2.24, 2.45) is 7.05 Å². The zero-order chi connectivity index (χ0) is 30.2. The predicted octanol–water partition coefficient (Wildman–Crippen LogP) is 11.8. The fourth-order valence-corrected chi connectivity index (χ4v) is 6.59. The molecular formula is C43H32N2. The van der Waals surface area contributed by atoms with Gasteiger partial charge in [0.05, 0.1) is 5.52 Å². The molecule has 0 bridgehead atoms. The van der Waals surface area contributed by atoms with Crippen molar-refractivity contribution in [3.63, 3.8) is 0 Å². The second-order valence-electron chi connectivity index (χ2n) is 11.5. The van der Waals surface area contributed by atoms with Crippen LogP contribution in [0.3, 0.4) is 0 Å². The van der Waals surface area contributed by atoms with E-state index in [1.807, 2.05) is 0 Å². The molecule has 0 saturated heterocycles. The summed E-state index contributed by atoms with van der Waals surface area (Å²) in [6, 6.07) is 63.1. The molecule has 0 atom stereocenters. The standard InChI is InChI=1S/C43H32N2/c1-44-42-21-9-8-18-40(42)41-20-11-19-39(43(41)44)34-24-22-32(23-25-34)33-26-28-37(29-27-33)45(36-15-6-3-7-16-36)38-17-10-14-35(30-38)31-12-4-2-5-13-31/h2-30H,1H3. The van der Waals surface area contributed by atoms with Gasteiger partial charge in [-0.25, -0.2) is 0 Å². The van der Waals surface area contributed by atoms with Crippen LogP contribution in [0.25, 0.3) is 55.2 Å². The molecule has 0 N–H and O–H groups in total. The van der Waals surface area contributed by atoms with E-state index >= 15 is 0 Å². The first-order valence-electron chi connectivity index (χ1n) is 15.4. The highest BCUT2D eigenvalue weighted by atomic mass is 15.1. The number of rotatable bonds is 6. The van der Waals surface area contributed by atoms with Crippen molar-refractivity contribution < 1.29 is 0 Å². The van der Waals surface area contributed by atoms with Crippen molar-refractivity contribution in [2.45, 2.75) is 0 Å². The van der Waals surface area contributed by atoms with E-state index in [1.165, 1.54) is 55.2 Å². The third-order valence-corrected chi connectivity index (χ3v) is 8.81. The molecule has 0 aliphatic heterocycles. The summed E-state index contributed by atoms with van der Waals surface area (Å²) >= 11 is 0. The zero-order valence-corrected chi connectivity index (χ0v) is 25.1. The number of aromatic nitrogens is 1. The average molecular weight is 577 g/mol. The van der Waals surface area contributed by atoms with Crippen molar-refractivity contribution in [2.75, 3.05) is 4.90 Å². The van der Waals surface area contributed by atoms with Crippen molar-refractivity contribution >= 4 is 38.9 Å². The quantitative estimate of drug-likeness (QED) is 0.191. The maximum Gasteiger partial charge on any atom is 0.0568 e. The highest BCUT2D eigenvalue weighted by molar-refractivity contribution is 6.12. The first-order valence-corrected chi connectivity index (χ1v) is 15.4. The van der Waals surface area contributed by atoms with Crippen LogP contribution in [0.15, 0.2) is 176 Å². The van der Waals surface area contributed by atoms with Crippen molar-refractivity contribution in [1.82, 2.24) is 4.57 Å². The highest BCUT2D eigenvalue weighted by Crippen LogP contribution is 2.39. The number of fused-ring (bicyclic) bond motifs is 3. The summed E-state index contributed by atoms with van der Waals surface area (Å²) in [5.74, 6) is 0. The minimum atomic E-state index is 1.12. The molecule has 0 spiro atoms. The summed E-state index contributed by atoms with van der Waals surface area (Å²) < 4.78 is 2.32. The molecule has 0 aliphatic carbocycles. The van der Waals surface area contributed by atoms with Gasteiger partial charge in [0, 0.05) is 46.0 Å². The monoisotopic (exact) mass is 576 g/mol. The number of aryl methyl sites for hydroxylation is 1. The minimum absolute atomic E-state index is 1.12. The Bertz CT molecular complexity index is 2250. The van der Waals surface area contributed by atoms with E-state index in [0.29, 0.717) is 0 Å². The Hall–Kier alpha value is -5.86. The van der Waals surface area contributed by atoms with Gasteiger partial charge in [0.25, 0.3) is 0 Å². The lowest BCUT2D eigenvalue weighted by Crippen LogP contribution is -2.09. The van der Waals surface area contributed by atoms with Gasteiger partial charge in [-0.1, -0.05) is 133 Å². The Morgan fingerprint density at radius 1 is 0.378 bits per heavy atom. The molecule has 0 amide bonds. The molecule has 2 heteroatoms. The summed E-state index contributed by atoms with van der Waals surface area (Å²) in [6.07, 6.45) is 0. The molecule has 0 radical (unpaired) electrons. The van der Waals surface area contributed by atoms with Gasteiger partial charge in [-0.05, 0) is 70.3 Å². The topological polar surface area (TPSA) is 8.17 Å². The summed E-state index contributed by atoms with van der Waals surface area (Å²) in [6.45, 7) is 0. The summed E-state index contributed by atoms with van der Waals surface area (Å²) in [7, 11) is 2.17. The number of benzene rings is 7. The van der Waals surface area contributed by atoms with Gasteiger partial charge in [0.1, 0.15) is 0 Å². The zero-order valence-electron chi connectivity index (χ0n) is 25.1. The molecular weight excluding hydrogens is 544 g/mol. The van der Waals surface area contributed by atoms with Gasteiger partial charge >= 0.3 is 0 Å². The van der Waals surface area contributed by atoms with Crippen LogP contribution in [0.5, 0.6) is 0 Å². The van der Waals surface area contributed by atoms with E-state index in [0.717, 1.165) is 17.1 Å². The third-order valence-electron chi connectivity index (χ3n) is 8.81. The SMILES string of the molecule is Cn1c2ccccc2c2cccc(-c3ccc(-c4ccc(N(c5ccccc5)c5cccc(-c6ccccc6)c5)cc4)cc3)c21. The van der Waals surface area contributed by atoms with E-state index < -0.39 is 0 Å². The molecule has 1 aromatic heterocycles. The second-order valence-corrected chi connectivity index (χ2v) is 11.5. The lowest BCUT2D eigenvalue weighted by molar-refractivity contribution is 1.02. The smallest absolute Gasteiger partial charge is 0.0568 e. The fourth-order valence-electron chi connectivity index (χ4n) is 6.59. The van der Waals surface area contributed by atoms with Crippen LogP contribution < -0.4 is 4.90 Å². The van der Waals surface area contributed by atoms with Crippen LogP contribution in [0.2, 0.25) is 0 Å². The first-order chi connectivity index (χ1) is 22.2. The van der Waals surface area contributed by atoms with E-state index in [9.17, 15) is 0 Å². The molecule has 8 rings (SSSR count). The Kier molecular flexibility index (Phi) is 6.73. The summed E-state index contributed by atoms with van der Waals surface area (Å²) in [5, 5.41) is 2.59. The molecule has 7 aromatic carbocycles. The van der Waals surface area contributed by atoms with E-state index in [4.69, 9.17) is 0 Å². The van der Waals surface area contributed by atoms with E-state index in [1.54, 1.807) is 0 Å². The third kappa shape index (κ3) is 4.87. The molecule has 8 aromatic rings.